The molecule has 1 N–H and O–H groups in total. The van der Waals surface area contributed by atoms with E-state index < -0.39 is 27.3 Å². The molecular weight excluding hydrogens is 553 g/mol. The highest BCUT2D eigenvalue weighted by Crippen LogP contribution is 2.51. The van der Waals surface area contributed by atoms with Crippen molar-refractivity contribution in [2.75, 3.05) is 11.5 Å². The summed E-state index contributed by atoms with van der Waals surface area (Å²) in [4.78, 5) is 18.5. The topological polar surface area (TPSA) is 67.8 Å². The summed E-state index contributed by atoms with van der Waals surface area (Å²) in [5, 5.41) is 4.67. The van der Waals surface area contributed by atoms with Crippen molar-refractivity contribution in [3.8, 4) is 0 Å². The van der Waals surface area contributed by atoms with E-state index in [-0.39, 0.29) is 33.6 Å². The van der Waals surface area contributed by atoms with Crippen molar-refractivity contribution in [3.05, 3.63) is 81.3 Å². The molecule has 3 aromatic carbocycles. The van der Waals surface area contributed by atoms with Gasteiger partial charge in [0.15, 0.2) is 0 Å². The van der Waals surface area contributed by atoms with Gasteiger partial charge in [0.1, 0.15) is 0 Å². The van der Waals surface area contributed by atoms with Crippen LogP contribution in [0.4, 0.5) is 8.78 Å². The Bertz CT molecular complexity index is 1430. The third-order valence-corrected chi connectivity index (χ3v) is 9.03. The fourth-order valence-corrected chi connectivity index (χ4v) is 6.88. The maximum absolute atomic E-state index is 14.8. The van der Waals surface area contributed by atoms with Crippen LogP contribution in [0.15, 0.2) is 59.8 Å². The molecule has 1 atom stereocenters. The van der Waals surface area contributed by atoms with Crippen LogP contribution in [-0.2, 0) is 21.2 Å². The molecule has 5 nitrogen and oxygen atoms in total. The molecule has 1 unspecified atom stereocenters. The second-order valence-electron chi connectivity index (χ2n) is 9.24. The van der Waals surface area contributed by atoms with E-state index in [9.17, 15) is 17.8 Å². The third kappa shape index (κ3) is 4.38. The van der Waals surface area contributed by atoms with Crippen LogP contribution in [0, 0.1) is 0 Å². The first-order valence-corrected chi connectivity index (χ1v) is 13.5. The van der Waals surface area contributed by atoms with Crippen LogP contribution in [0.25, 0.3) is 10.8 Å². The molecule has 2 heterocycles. The summed E-state index contributed by atoms with van der Waals surface area (Å²) in [6, 6.07) is 14.4. The van der Waals surface area contributed by atoms with E-state index >= 15 is 0 Å². The maximum Gasteiger partial charge on any atom is 0.367 e. The van der Waals surface area contributed by atoms with Crippen molar-refractivity contribution in [1.29, 1.82) is 0 Å². The number of hydrogen-bond donors (Lipinski definition) is 1. The number of amides is 1. The van der Waals surface area contributed by atoms with Gasteiger partial charge >= 0.3 is 5.38 Å². The predicted octanol–water partition coefficient (Wildman–Crippen LogP) is 6.25. The Morgan fingerprint density at radius 2 is 1.72 bits per heavy atom. The molecule has 36 heavy (non-hydrogen) atoms. The number of nitrogens with one attached hydrogen (secondary N) is 1. The minimum Gasteiger partial charge on any atom is -0.376 e. The number of halogens is 5. The summed E-state index contributed by atoms with van der Waals surface area (Å²) in [5.41, 5.74) is -1.71. The first-order chi connectivity index (χ1) is 16.9. The van der Waals surface area contributed by atoms with Gasteiger partial charge < -0.3 is 10.2 Å². The zero-order valence-electron chi connectivity index (χ0n) is 18.8. The SMILES string of the molecule is CC1(NC(=O)c2ccc(C3=NOC(c4cc(Cl)cc(Cl)c4)(C(F)(F)Cl)C3)c3ccccc23)CS(=O)C1. The minimum atomic E-state index is -3.85. The number of fused-ring (bicyclic) bond motifs is 1. The van der Waals surface area contributed by atoms with Gasteiger partial charge in [0.25, 0.3) is 5.91 Å². The standard InChI is InChI=1S/C25H19Cl3F2N2O3S/c1-23(12-36(34)13-23)31-22(33)20-7-6-19(17-4-2-3-5-18(17)20)21-11-24(35-32-21,25(28,29)30)14-8-15(26)10-16(27)9-14/h2-10H,11-13H2,1H3,(H,31,33). The fraction of sp³-hybridized carbons (Fsp3) is 0.280. The lowest BCUT2D eigenvalue weighted by molar-refractivity contribution is -0.155. The average Bonchev–Trinajstić information content (AvgIpc) is 3.23. The predicted molar refractivity (Wildman–Crippen MR) is 139 cm³/mol. The third-order valence-electron chi connectivity index (χ3n) is 6.37. The van der Waals surface area contributed by atoms with Gasteiger partial charge in [-0.15, -0.1) is 0 Å². The number of oxime groups is 1. The molecule has 0 spiro atoms. The van der Waals surface area contributed by atoms with Gasteiger partial charge in [-0.2, -0.15) is 8.78 Å². The number of nitrogens with zero attached hydrogens (tertiary/aromatic N) is 1. The Morgan fingerprint density at radius 3 is 2.33 bits per heavy atom. The van der Waals surface area contributed by atoms with E-state index in [1.807, 2.05) is 6.92 Å². The molecule has 1 fully saturated rings. The molecule has 11 heteroatoms. The largest absolute Gasteiger partial charge is 0.376 e. The Labute approximate surface area is 223 Å². The number of carbonyl (C=O) groups is 1. The number of alkyl halides is 3. The molecule has 2 aliphatic rings. The van der Waals surface area contributed by atoms with E-state index in [0.717, 1.165) is 0 Å². The van der Waals surface area contributed by atoms with E-state index in [1.54, 1.807) is 36.4 Å². The lowest BCUT2D eigenvalue weighted by atomic mass is 9.85. The van der Waals surface area contributed by atoms with Crippen LogP contribution >= 0.6 is 34.8 Å². The summed E-state index contributed by atoms with van der Waals surface area (Å²) >= 11 is 17.7. The van der Waals surface area contributed by atoms with Crippen LogP contribution in [0.3, 0.4) is 0 Å². The Balaban J connectivity index is 1.53. The molecule has 3 aromatic rings. The molecule has 0 radical (unpaired) electrons. The number of rotatable bonds is 5. The van der Waals surface area contributed by atoms with E-state index in [4.69, 9.17) is 39.6 Å². The zero-order chi connectivity index (χ0) is 25.9. The van der Waals surface area contributed by atoms with Gasteiger partial charge in [-0.1, -0.05) is 58.7 Å². The van der Waals surface area contributed by atoms with Crippen molar-refractivity contribution < 1.29 is 22.6 Å². The molecule has 2 aliphatic heterocycles. The van der Waals surface area contributed by atoms with Crippen molar-refractivity contribution in [3.63, 3.8) is 0 Å². The van der Waals surface area contributed by atoms with Crippen LogP contribution in [-0.4, -0.2) is 38.3 Å². The second-order valence-corrected chi connectivity index (χ2v) is 12.0. The first kappa shape index (κ1) is 25.4. The van der Waals surface area contributed by atoms with Gasteiger partial charge in [0.2, 0.25) is 5.60 Å². The summed E-state index contributed by atoms with van der Waals surface area (Å²) in [6.45, 7) is 1.85. The summed E-state index contributed by atoms with van der Waals surface area (Å²) in [5.74, 6) is 0.479. The van der Waals surface area contributed by atoms with Gasteiger partial charge in [-0.3, -0.25) is 9.00 Å². The Morgan fingerprint density at radius 1 is 1.08 bits per heavy atom. The van der Waals surface area contributed by atoms with E-state index in [0.29, 0.717) is 33.4 Å². The smallest absolute Gasteiger partial charge is 0.367 e. The average molecular weight is 572 g/mol. The summed E-state index contributed by atoms with van der Waals surface area (Å²) in [7, 11) is -0.934. The normalized spacial score (nSPS) is 25.7. The van der Waals surface area contributed by atoms with Crippen LogP contribution in [0.1, 0.15) is 34.8 Å². The summed E-state index contributed by atoms with van der Waals surface area (Å²) in [6.07, 6.45) is -0.362. The van der Waals surface area contributed by atoms with Crippen molar-refractivity contribution in [1.82, 2.24) is 5.32 Å². The molecule has 0 saturated carbocycles. The maximum atomic E-state index is 14.8. The summed E-state index contributed by atoms with van der Waals surface area (Å²) < 4.78 is 41.2. The highest BCUT2D eigenvalue weighted by molar-refractivity contribution is 7.86. The molecular formula is C25H19Cl3F2N2O3S. The first-order valence-electron chi connectivity index (χ1n) is 10.9. The molecule has 1 saturated heterocycles. The quantitative estimate of drug-likeness (QED) is 0.368. The number of benzene rings is 3. The Hall–Kier alpha value is -2.26. The molecule has 0 aliphatic carbocycles. The monoisotopic (exact) mass is 570 g/mol. The van der Waals surface area contributed by atoms with Gasteiger partial charge in [0.05, 0.1) is 11.3 Å². The zero-order valence-corrected chi connectivity index (χ0v) is 21.9. The minimum absolute atomic E-state index is 0.00909. The van der Waals surface area contributed by atoms with Crippen LogP contribution < -0.4 is 5.32 Å². The van der Waals surface area contributed by atoms with Crippen LogP contribution in [0.2, 0.25) is 10.0 Å². The molecule has 188 valence electrons. The van der Waals surface area contributed by atoms with Crippen molar-refractivity contribution in [2.24, 2.45) is 5.16 Å². The van der Waals surface area contributed by atoms with Gasteiger partial charge in [0, 0.05) is 55.5 Å². The van der Waals surface area contributed by atoms with Gasteiger partial charge in [-0.25, -0.2) is 0 Å². The Kier molecular flexibility index (Phi) is 6.31. The lowest BCUT2D eigenvalue weighted by Gasteiger charge is -2.38. The molecule has 0 bridgehead atoms. The second kappa shape index (κ2) is 8.94. The lowest BCUT2D eigenvalue weighted by Crippen LogP contribution is -2.61. The van der Waals surface area contributed by atoms with E-state index in [2.05, 4.69) is 10.5 Å². The molecule has 5 rings (SSSR count). The highest BCUT2D eigenvalue weighted by Gasteiger charge is 2.60. The van der Waals surface area contributed by atoms with Crippen molar-refractivity contribution >= 4 is 68.0 Å². The van der Waals surface area contributed by atoms with Crippen molar-refractivity contribution in [2.45, 2.75) is 29.9 Å². The van der Waals surface area contributed by atoms with Crippen LogP contribution in [0.5, 0.6) is 0 Å². The molecule has 1 amide bonds. The molecule has 0 aromatic heterocycles. The number of hydrogen-bond acceptors (Lipinski definition) is 4. The van der Waals surface area contributed by atoms with Gasteiger partial charge in [-0.05, 0) is 53.6 Å². The number of carbonyl (C=O) groups excluding carboxylic acids is 1. The fourth-order valence-electron chi connectivity index (χ4n) is 4.67. The van der Waals surface area contributed by atoms with E-state index in [1.165, 1.54) is 18.2 Å². The highest BCUT2D eigenvalue weighted by atomic mass is 35.5.